The van der Waals surface area contributed by atoms with Gasteiger partial charge in [0.25, 0.3) is 0 Å². The summed E-state index contributed by atoms with van der Waals surface area (Å²) in [5.41, 5.74) is 0.967. The van der Waals surface area contributed by atoms with Crippen LogP contribution in [-0.2, 0) is 11.2 Å². The summed E-state index contributed by atoms with van der Waals surface area (Å²) in [7, 11) is 1.23. The molecule has 0 spiro atoms. The van der Waals surface area contributed by atoms with E-state index >= 15 is 0 Å². The van der Waals surface area contributed by atoms with E-state index in [1.165, 1.54) is 24.5 Å². The highest BCUT2D eigenvalue weighted by atomic mass is 32.1. The number of carbonyl (C=O) groups excluding carboxylic acids is 1. The summed E-state index contributed by atoms with van der Waals surface area (Å²) in [5.74, 6) is -0.753. The van der Waals surface area contributed by atoms with Crippen LogP contribution in [0.25, 0.3) is 10.4 Å². The predicted octanol–water partition coefficient (Wildman–Crippen LogP) is 3.45. The van der Waals surface area contributed by atoms with Gasteiger partial charge in [-0.15, -0.1) is 11.3 Å². The number of benzene rings is 1. The lowest BCUT2D eigenvalue weighted by Crippen LogP contribution is -2.14. The fourth-order valence-electron chi connectivity index (χ4n) is 2.39. The van der Waals surface area contributed by atoms with Gasteiger partial charge in [0.05, 0.1) is 12.7 Å². The van der Waals surface area contributed by atoms with E-state index in [9.17, 15) is 14.7 Å². The molecule has 6 heteroatoms. The molecule has 0 aliphatic heterocycles. The first-order valence-corrected chi connectivity index (χ1v) is 8.04. The summed E-state index contributed by atoms with van der Waals surface area (Å²) in [6, 6.07) is 12.0. The average Bonchev–Trinajstić information content (AvgIpc) is 3.11. The molecule has 2 heterocycles. The Labute approximate surface area is 141 Å². The number of phenolic OH excluding ortho intramolecular Hbond substituents is 1. The molecule has 0 bridgehead atoms. The minimum atomic E-state index is -0.709. The lowest BCUT2D eigenvalue weighted by atomic mass is 10.00. The van der Waals surface area contributed by atoms with Gasteiger partial charge in [-0.05, 0) is 29.1 Å². The van der Waals surface area contributed by atoms with E-state index in [-0.39, 0.29) is 17.9 Å². The number of thiophene rings is 1. The molecule has 0 aliphatic carbocycles. The van der Waals surface area contributed by atoms with E-state index in [1.807, 2.05) is 17.5 Å². The Morgan fingerprint density at radius 2 is 2.04 bits per heavy atom. The molecule has 3 aromatic rings. The van der Waals surface area contributed by atoms with E-state index in [2.05, 4.69) is 4.74 Å². The van der Waals surface area contributed by atoms with Crippen molar-refractivity contribution in [2.24, 2.45) is 0 Å². The number of aromatic hydroxyl groups is 1. The van der Waals surface area contributed by atoms with E-state index in [0.29, 0.717) is 16.7 Å². The SMILES string of the molecule is COC(=O)c1cc(-c2cccs2)c(Cc2ccccc2O)c(=O)o1. The molecule has 24 heavy (non-hydrogen) atoms. The molecule has 0 atom stereocenters. The molecular formula is C18H14O5S. The predicted molar refractivity (Wildman–Crippen MR) is 90.5 cm³/mol. The second kappa shape index (κ2) is 6.72. The number of methoxy groups -OCH3 is 1. The third kappa shape index (κ3) is 3.09. The molecule has 5 nitrogen and oxygen atoms in total. The van der Waals surface area contributed by atoms with Crippen LogP contribution in [0.5, 0.6) is 5.75 Å². The van der Waals surface area contributed by atoms with Crippen molar-refractivity contribution in [1.82, 2.24) is 0 Å². The first-order chi connectivity index (χ1) is 11.6. The number of phenols is 1. The molecule has 0 radical (unpaired) electrons. The molecule has 2 aromatic heterocycles. The van der Waals surface area contributed by atoms with Gasteiger partial charge in [-0.2, -0.15) is 0 Å². The standard InChI is InChI=1S/C18H14O5S/c1-22-18(21)15-10-12(16-7-4-8-24-16)13(17(20)23-15)9-11-5-2-3-6-14(11)19/h2-8,10,19H,9H2,1H3. The van der Waals surface area contributed by atoms with Crippen LogP contribution in [0.15, 0.2) is 57.1 Å². The number of ether oxygens (including phenoxy) is 1. The minimum absolute atomic E-state index is 0.103. The Morgan fingerprint density at radius 3 is 2.71 bits per heavy atom. The highest BCUT2D eigenvalue weighted by Crippen LogP contribution is 2.30. The van der Waals surface area contributed by atoms with Crippen molar-refractivity contribution in [3.05, 3.63) is 75.2 Å². The molecule has 0 fully saturated rings. The van der Waals surface area contributed by atoms with Crippen LogP contribution in [-0.4, -0.2) is 18.2 Å². The van der Waals surface area contributed by atoms with E-state index in [0.717, 1.165) is 4.88 Å². The van der Waals surface area contributed by atoms with Crippen LogP contribution >= 0.6 is 11.3 Å². The highest BCUT2D eigenvalue weighted by Gasteiger charge is 2.19. The quantitative estimate of drug-likeness (QED) is 0.735. The number of hydrogen-bond donors (Lipinski definition) is 1. The second-order valence-electron chi connectivity index (χ2n) is 5.06. The Kier molecular flexibility index (Phi) is 4.48. The number of para-hydroxylation sites is 1. The van der Waals surface area contributed by atoms with Gasteiger partial charge in [0, 0.05) is 16.9 Å². The highest BCUT2D eigenvalue weighted by molar-refractivity contribution is 7.13. The maximum Gasteiger partial charge on any atom is 0.374 e. The summed E-state index contributed by atoms with van der Waals surface area (Å²) in [6.07, 6.45) is 0.198. The van der Waals surface area contributed by atoms with Gasteiger partial charge in [0.15, 0.2) is 0 Å². The minimum Gasteiger partial charge on any atom is -0.508 e. The normalized spacial score (nSPS) is 10.5. The Morgan fingerprint density at radius 1 is 1.25 bits per heavy atom. The van der Waals surface area contributed by atoms with Crippen LogP contribution in [0.2, 0.25) is 0 Å². The third-order valence-corrected chi connectivity index (χ3v) is 4.48. The monoisotopic (exact) mass is 342 g/mol. The second-order valence-corrected chi connectivity index (χ2v) is 6.01. The molecule has 3 rings (SSSR count). The molecule has 0 unspecified atom stereocenters. The van der Waals surface area contributed by atoms with E-state index in [4.69, 9.17) is 4.42 Å². The largest absolute Gasteiger partial charge is 0.508 e. The average molecular weight is 342 g/mol. The fraction of sp³-hybridized carbons (Fsp3) is 0.111. The van der Waals surface area contributed by atoms with Crippen LogP contribution in [0, 0.1) is 0 Å². The maximum atomic E-state index is 12.4. The first kappa shape index (κ1) is 16.0. The van der Waals surface area contributed by atoms with Crippen molar-refractivity contribution in [2.45, 2.75) is 6.42 Å². The van der Waals surface area contributed by atoms with Crippen LogP contribution in [0.3, 0.4) is 0 Å². The summed E-state index contributed by atoms with van der Waals surface area (Å²) in [5, 5.41) is 11.8. The van der Waals surface area contributed by atoms with E-state index in [1.54, 1.807) is 24.3 Å². The Bertz CT molecular complexity index is 925. The zero-order valence-electron chi connectivity index (χ0n) is 12.8. The Balaban J connectivity index is 2.16. The van der Waals surface area contributed by atoms with Crippen molar-refractivity contribution >= 4 is 17.3 Å². The number of rotatable bonds is 4. The van der Waals surface area contributed by atoms with Gasteiger partial charge in [0.1, 0.15) is 5.75 Å². The van der Waals surface area contributed by atoms with Crippen LogP contribution in [0.1, 0.15) is 21.7 Å². The molecule has 0 saturated carbocycles. The van der Waals surface area contributed by atoms with Gasteiger partial charge in [0.2, 0.25) is 5.76 Å². The van der Waals surface area contributed by atoms with Crippen LogP contribution in [0.4, 0.5) is 0 Å². The van der Waals surface area contributed by atoms with Crippen molar-refractivity contribution in [3.63, 3.8) is 0 Å². The summed E-state index contributed by atoms with van der Waals surface area (Å²) < 4.78 is 9.74. The van der Waals surface area contributed by atoms with Gasteiger partial charge in [-0.3, -0.25) is 0 Å². The van der Waals surface area contributed by atoms with Crippen molar-refractivity contribution in [2.75, 3.05) is 7.11 Å². The van der Waals surface area contributed by atoms with Gasteiger partial charge >= 0.3 is 11.6 Å². The van der Waals surface area contributed by atoms with Crippen molar-refractivity contribution < 1.29 is 19.1 Å². The number of esters is 1. The summed E-state index contributed by atoms with van der Waals surface area (Å²) in [6.45, 7) is 0. The molecular weight excluding hydrogens is 328 g/mol. The Hall–Kier alpha value is -2.86. The van der Waals surface area contributed by atoms with Gasteiger partial charge in [-0.25, -0.2) is 9.59 Å². The summed E-state index contributed by atoms with van der Waals surface area (Å²) in [4.78, 5) is 25.0. The zero-order chi connectivity index (χ0) is 17.1. The van der Waals surface area contributed by atoms with Crippen molar-refractivity contribution in [3.8, 4) is 16.2 Å². The summed E-state index contributed by atoms with van der Waals surface area (Å²) >= 11 is 1.45. The third-order valence-electron chi connectivity index (χ3n) is 3.58. The van der Waals surface area contributed by atoms with E-state index < -0.39 is 11.6 Å². The molecule has 0 aliphatic rings. The molecule has 0 saturated heterocycles. The smallest absolute Gasteiger partial charge is 0.374 e. The number of hydrogen-bond acceptors (Lipinski definition) is 6. The molecule has 0 amide bonds. The fourth-order valence-corrected chi connectivity index (χ4v) is 3.16. The first-order valence-electron chi connectivity index (χ1n) is 7.16. The molecule has 1 N–H and O–H groups in total. The lowest BCUT2D eigenvalue weighted by molar-refractivity contribution is 0.0559. The van der Waals surface area contributed by atoms with Gasteiger partial charge in [-0.1, -0.05) is 24.3 Å². The molecule has 122 valence electrons. The topological polar surface area (TPSA) is 76.7 Å². The zero-order valence-corrected chi connectivity index (χ0v) is 13.6. The molecule has 1 aromatic carbocycles. The van der Waals surface area contributed by atoms with Crippen molar-refractivity contribution in [1.29, 1.82) is 0 Å². The maximum absolute atomic E-state index is 12.4. The van der Waals surface area contributed by atoms with Gasteiger partial charge < -0.3 is 14.3 Å². The lowest BCUT2D eigenvalue weighted by Gasteiger charge is -2.09. The van der Waals surface area contributed by atoms with Crippen LogP contribution < -0.4 is 5.63 Å². The number of carbonyl (C=O) groups is 1.